The molecule has 1 amide bonds. The Morgan fingerprint density at radius 1 is 1.11 bits per heavy atom. The lowest BCUT2D eigenvalue weighted by Crippen LogP contribution is -2.31. The van der Waals surface area contributed by atoms with Gasteiger partial charge in [-0.15, -0.1) is 0 Å². The number of aryl methyl sites for hydroxylation is 1. The topological polar surface area (TPSA) is 51.1 Å². The summed E-state index contributed by atoms with van der Waals surface area (Å²) in [5.41, 5.74) is -0.394. The number of fused-ring (bicyclic) bond motifs is 1. The van der Waals surface area contributed by atoms with E-state index in [4.69, 9.17) is 0 Å². The molecule has 3 rings (SSSR count). The van der Waals surface area contributed by atoms with Crippen LogP contribution in [0.5, 0.6) is 0 Å². The van der Waals surface area contributed by atoms with E-state index in [2.05, 4.69) is 5.32 Å². The minimum absolute atomic E-state index is 0.118. The number of nitrogens with zero attached hydrogens (tertiary/aromatic N) is 1. The van der Waals surface area contributed by atoms with Gasteiger partial charge in [0.25, 0.3) is 5.91 Å². The molecule has 0 unspecified atom stereocenters. The zero-order valence-corrected chi connectivity index (χ0v) is 15.2. The van der Waals surface area contributed by atoms with Crippen LogP contribution in [0.25, 0.3) is 10.9 Å². The molecule has 2 aromatic carbocycles. The third-order valence-corrected chi connectivity index (χ3v) is 4.53. The first-order chi connectivity index (χ1) is 13.3. The van der Waals surface area contributed by atoms with Crippen molar-refractivity contribution in [2.45, 2.75) is 26.1 Å². The molecule has 0 aliphatic heterocycles. The fraction of sp³-hybridized carbons (Fsp3) is 0.238. The van der Waals surface area contributed by atoms with Gasteiger partial charge in [-0.25, -0.2) is 0 Å². The van der Waals surface area contributed by atoms with Crippen LogP contribution in [0.1, 0.15) is 28.4 Å². The first-order valence-corrected chi connectivity index (χ1v) is 8.87. The molecule has 28 heavy (non-hydrogen) atoms. The van der Waals surface area contributed by atoms with Crippen LogP contribution in [-0.2, 0) is 19.1 Å². The van der Waals surface area contributed by atoms with E-state index in [0.29, 0.717) is 25.0 Å². The number of benzene rings is 2. The van der Waals surface area contributed by atoms with Crippen LogP contribution in [0.4, 0.5) is 13.2 Å². The van der Waals surface area contributed by atoms with E-state index in [1.165, 1.54) is 12.3 Å². The molecule has 0 bridgehead atoms. The summed E-state index contributed by atoms with van der Waals surface area (Å²) < 4.78 is 40.7. The first-order valence-electron chi connectivity index (χ1n) is 8.87. The molecule has 0 aliphatic rings. The average molecular weight is 388 g/mol. The molecule has 1 aromatic heterocycles. The van der Waals surface area contributed by atoms with Gasteiger partial charge in [-0.2, -0.15) is 13.2 Å². The highest BCUT2D eigenvalue weighted by molar-refractivity contribution is 5.97. The second-order valence-electron chi connectivity index (χ2n) is 6.38. The molecule has 0 radical (unpaired) electrons. The Kier molecular flexibility index (Phi) is 5.53. The Morgan fingerprint density at radius 3 is 2.46 bits per heavy atom. The number of halogens is 3. The van der Waals surface area contributed by atoms with Crippen molar-refractivity contribution in [3.05, 3.63) is 81.6 Å². The van der Waals surface area contributed by atoms with E-state index in [1.807, 2.05) is 30.3 Å². The number of rotatable bonds is 5. The summed E-state index contributed by atoms with van der Waals surface area (Å²) in [7, 11) is 0. The summed E-state index contributed by atoms with van der Waals surface area (Å²) in [5, 5.41) is 2.56. The third kappa shape index (κ3) is 4.08. The standard InChI is InChI=1S/C21H19F3N2O2/c1-2-26-13-17(20(28)25-11-10-14-6-4-3-5-7-14)19(27)16-12-15(21(22,23)24)8-9-18(16)26/h3-9,12-13H,2,10-11H2,1H3,(H,25,28). The van der Waals surface area contributed by atoms with Gasteiger partial charge in [0.15, 0.2) is 0 Å². The summed E-state index contributed by atoms with van der Waals surface area (Å²) in [5.74, 6) is -0.595. The predicted molar refractivity (Wildman–Crippen MR) is 101 cm³/mol. The summed E-state index contributed by atoms with van der Waals surface area (Å²) >= 11 is 0. The molecule has 1 heterocycles. The quantitative estimate of drug-likeness (QED) is 0.718. The number of hydrogen-bond donors (Lipinski definition) is 1. The highest BCUT2D eigenvalue weighted by Crippen LogP contribution is 2.30. The van der Waals surface area contributed by atoms with E-state index in [-0.39, 0.29) is 10.9 Å². The maximum Gasteiger partial charge on any atom is 0.416 e. The van der Waals surface area contributed by atoms with Gasteiger partial charge < -0.3 is 9.88 Å². The van der Waals surface area contributed by atoms with Gasteiger partial charge in [-0.3, -0.25) is 9.59 Å². The summed E-state index contributed by atoms with van der Waals surface area (Å²) in [4.78, 5) is 25.2. The van der Waals surface area contributed by atoms with Crippen molar-refractivity contribution in [3.63, 3.8) is 0 Å². The van der Waals surface area contributed by atoms with Crippen molar-refractivity contribution in [1.82, 2.24) is 9.88 Å². The van der Waals surface area contributed by atoms with E-state index >= 15 is 0 Å². The van der Waals surface area contributed by atoms with Crippen molar-refractivity contribution in [2.75, 3.05) is 6.54 Å². The summed E-state index contributed by atoms with van der Waals surface area (Å²) in [6, 6.07) is 12.5. The lowest BCUT2D eigenvalue weighted by atomic mass is 10.1. The number of aromatic nitrogens is 1. The molecule has 3 aromatic rings. The fourth-order valence-corrected chi connectivity index (χ4v) is 3.06. The maximum atomic E-state index is 13.0. The second kappa shape index (κ2) is 7.88. The SMILES string of the molecule is CCn1cc(C(=O)NCCc2ccccc2)c(=O)c2cc(C(F)(F)F)ccc21. The number of pyridine rings is 1. The lowest BCUT2D eigenvalue weighted by Gasteiger charge is -2.14. The highest BCUT2D eigenvalue weighted by atomic mass is 19.4. The van der Waals surface area contributed by atoms with E-state index in [0.717, 1.165) is 17.7 Å². The first kappa shape index (κ1) is 19.7. The minimum Gasteiger partial charge on any atom is -0.352 e. The van der Waals surface area contributed by atoms with E-state index in [1.54, 1.807) is 11.5 Å². The molecular weight excluding hydrogens is 369 g/mol. The van der Waals surface area contributed by atoms with Crippen LogP contribution in [0.2, 0.25) is 0 Å². The zero-order valence-electron chi connectivity index (χ0n) is 15.2. The maximum absolute atomic E-state index is 13.0. The minimum atomic E-state index is -4.56. The number of carbonyl (C=O) groups is 1. The van der Waals surface area contributed by atoms with Crippen LogP contribution in [0, 0.1) is 0 Å². The smallest absolute Gasteiger partial charge is 0.352 e. The Hall–Kier alpha value is -3.09. The van der Waals surface area contributed by atoms with E-state index < -0.39 is 23.1 Å². The number of hydrogen-bond acceptors (Lipinski definition) is 2. The molecule has 7 heteroatoms. The van der Waals surface area contributed by atoms with Gasteiger partial charge in [-0.1, -0.05) is 30.3 Å². The van der Waals surface area contributed by atoms with Gasteiger partial charge in [0, 0.05) is 24.7 Å². The molecule has 0 saturated heterocycles. The number of nitrogens with one attached hydrogen (secondary N) is 1. The second-order valence-corrected chi connectivity index (χ2v) is 6.38. The molecule has 0 atom stereocenters. The lowest BCUT2D eigenvalue weighted by molar-refractivity contribution is -0.137. The van der Waals surface area contributed by atoms with Gasteiger partial charge in [0.05, 0.1) is 11.1 Å². The number of alkyl halides is 3. The van der Waals surface area contributed by atoms with Crippen molar-refractivity contribution < 1.29 is 18.0 Å². The van der Waals surface area contributed by atoms with Crippen LogP contribution in [0.3, 0.4) is 0 Å². The molecule has 4 nitrogen and oxygen atoms in total. The predicted octanol–water partition coefficient (Wildman–Crippen LogP) is 4.01. The normalized spacial score (nSPS) is 11.6. The van der Waals surface area contributed by atoms with Crippen LogP contribution < -0.4 is 10.7 Å². The van der Waals surface area contributed by atoms with Crippen molar-refractivity contribution in [1.29, 1.82) is 0 Å². The molecule has 0 aliphatic carbocycles. The van der Waals surface area contributed by atoms with Crippen LogP contribution >= 0.6 is 0 Å². The van der Waals surface area contributed by atoms with Crippen molar-refractivity contribution in [3.8, 4) is 0 Å². The van der Waals surface area contributed by atoms with Crippen molar-refractivity contribution in [2.24, 2.45) is 0 Å². The van der Waals surface area contributed by atoms with Crippen molar-refractivity contribution >= 4 is 16.8 Å². The fourth-order valence-electron chi connectivity index (χ4n) is 3.06. The Balaban J connectivity index is 1.92. The van der Waals surface area contributed by atoms with Gasteiger partial charge in [0.1, 0.15) is 5.56 Å². The van der Waals surface area contributed by atoms with Gasteiger partial charge >= 0.3 is 6.18 Å². The van der Waals surface area contributed by atoms with E-state index in [9.17, 15) is 22.8 Å². The van der Waals surface area contributed by atoms with Gasteiger partial charge in [0.2, 0.25) is 5.43 Å². The Bertz CT molecular complexity index is 1060. The third-order valence-electron chi connectivity index (χ3n) is 4.53. The Labute approximate surface area is 159 Å². The zero-order chi connectivity index (χ0) is 20.3. The molecule has 0 spiro atoms. The monoisotopic (exact) mass is 388 g/mol. The summed E-state index contributed by atoms with van der Waals surface area (Å²) in [6.45, 7) is 2.51. The molecule has 1 N–H and O–H groups in total. The summed E-state index contributed by atoms with van der Waals surface area (Å²) in [6.07, 6.45) is -2.58. The Morgan fingerprint density at radius 2 is 1.82 bits per heavy atom. The van der Waals surface area contributed by atoms with Crippen LogP contribution in [0.15, 0.2) is 59.5 Å². The number of carbonyl (C=O) groups excluding carboxylic acids is 1. The molecular formula is C21H19F3N2O2. The average Bonchev–Trinajstić information content (AvgIpc) is 2.68. The number of amides is 1. The molecule has 0 fully saturated rings. The van der Waals surface area contributed by atoms with Gasteiger partial charge in [-0.05, 0) is 37.1 Å². The highest BCUT2D eigenvalue weighted by Gasteiger charge is 2.31. The molecule has 0 saturated carbocycles. The van der Waals surface area contributed by atoms with Crippen LogP contribution in [-0.4, -0.2) is 17.0 Å². The largest absolute Gasteiger partial charge is 0.416 e. The molecule has 146 valence electrons.